The maximum absolute atomic E-state index is 12.3. The normalized spacial score (nSPS) is 10.9. The summed E-state index contributed by atoms with van der Waals surface area (Å²) in [5.41, 5.74) is 1.20. The van der Waals surface area contributed by atoms with Crippen molar-refractivity contribution in [1.29, 1.82) is 0 Å². The molecule has 24 heavy (non-hydrogen) atoms. The van der Waals surface area contributed by atoms with Gasteiger partial charge >= 0.3 is 5.97 Å². The quantitative estimate of drug-likeness (QED) is 0.628. The Kier molecular flexibility index (Phi) is 6.14. The first-order valence-electron chi connectivity index (χ1n) is 7.04. The van der Waals surface area contributed by atoms with E-state index in [1.807, 2.05) is 6.07 Å². The van der Waals surface area contributed by atoms with Crippen molar-refractivity contribution in [3.63, 3.8) is 0 Å². The Balaban J connectivity index is 2.26. The van der Waals surface area contributed by atoms with Gasteiger partial charge in [0.15, 0.2) is 0 Å². The number of carbonyl (C=O) groups excluding carboxylic acids is 2. The van der Waals surface area contributed by atoms with E-state index in [9.17, 15) is 9.59 Å². The molecule has 1 N–H and O–H groups in total. The smallest absolute Gasteiger partial charge is 0.354 e. The van der Waals surface area contributed by atoms with E-state index in [-0.39, 0.29) is 5.70 Å². The Bertz CT molecular complexity index is 769. The van der Waals surface area contributed by atoms with E-state index in [0.29, 0.717) is 11.3 Å². The fourth-order valence-electron chi connectivity index (χ4n) is 1.95. The van der Waals surface area contributed by atoms with Crippen molar-refractivity contribution in [2.45, 2.75) is 0 Å². The molecule has 0 aromatic heterocycles. The molecule has 2 aromatic carbocycles. The molecule has 0 aliphatic carbocycles. The molecule has 6 heteroatoms. The number of amides is 1. The zero-order valence-electron chi connectivity index (χ0n) is 13.2. The number of hydrogen-bond donors (Lipinski definition) is 1. The SMILES string of the molecule is COC(=O)C(=Cc1ccc(OC)cc1)NC(=O)c1cccc(Br)c1. The predicted molar refractivity (Wildman–Crippen MR) is 94.6 cm³/mol. The summed E-state index contributed by atoms with van der Waals surface area (Å²) in [5, 5.41) is 2.58. The Hall–Kier alpha value is -2.60. The van der Waals surface area contributed by atoms with Gasteiger partial charge in [0, 0.05) is 10.0 Å². The third kappa shape index (κ3) is 4.70. The summed E-state index contributed by atoms with van der Waals surface area (Å²) in [7, 11) is 2.83. The highest BCUT2D eigenvalue weighted by atomic mass is 79.9. The van der Waals surface area contributed by atoms with E-state index in [2.05, 4.69) is 21.2 Å². The number of hydrogen-bond acceptors (Lipinski definition) is 4. The second kappa shape index (κ2) is 8.31. The lowest BCUT2D eigenvalue weighted by Crippen LogP contribution is -2.28. The van der Waals surface area contributed by atoms with Crippen molar-refractivity contribution in [3.8, 4) is 5.75 Å². The Labute approximate surface area is 148 Å². The summed E-state index contributed by atoms with van der Waals surface area (Å²) in [6, 6.07) is 13.9. The fourth-order valence-corrected chi connectivity index (χ4v) is 2.35. The number of carbonyl (C=O) groups is 2. The zero-order valence-corrected chi connectivity index (χ0v) is 14.8. The van der Waals surface area contributed by atoms with Crippen LogP contribution < -0.4 is 10.1 Å². The topological polar surface area (TPSA) is 64.6 Å². The van der Waals surface area contributed by atoms with E-state index in [1.54, 1.807) is 55.7 Å². The van der Waals surface area contributed by atoms with Gasteiger partial charge in [0.25, 0.3) is 5.91 Å². The molecule has 124 valence electrons. The van der Waals surface area contributed by atoms with Gasteiger partial charge in [-0.2, -0.15) is 0 Å². The summed E-state index contributed by atoms with van der Waals surface area (Å²) < 4.78 is 10.6. The summed E-state index contributed by atoms with van der Waals surface area (Å²) in [6.45, 7) is 0. The van der Waals surface area contributed by atoms with Gasteiger partial charge in [-0.25, -0.2) is 4.79 Å². The number of nitrogens with one attached hydrogen (secondary N) is 1. The molecular weight excluding hydrogens is 374 g/mol. The average molecular weight is 390 g/mol. The minimum Gasteiger partial charge on any atom is -0.497 e. The molecule has 0 unspecified atom stereocenters. The molecule has 0 bridgehead atoms. The van der Waals surface area contributed by atoms with Crippen LogP contribution in [0.2, 0.25) is 0 Å². The molecule has 0 atom stereocenters. The number of benzene rings is 2. The van der Waals surface area contributed by atoms with Gasteiger partial charge in [0.2, 0.25) is 0 Å². The van der Waals surface area contributed by atoms with E-state index in [1.165, 1.54) is 7.11 Å². The van der Waals surface area contributed by atoms with E-state index >= 15 is 0 Å². The Morgan fingerprint density at radius 1 is 1.08 bits per heavy atom. The van der Waals surface area contributed by atoms with E-state index < -0.39 is 11.9 Å². The van der Waals surface area contributed by atoms with Crippen molar-refractivity contribution in [2.75, 3.05) is 14.2 Å². The van der Waals surface area contributed by atoms with Crippen LogP contribution >= 0.6 is 15.9 Å². The minimum atomic E-state index is -0.630. The van der Waals surface area contributed by atoms with Crippen LogP contribution in [0.4, 0.5) is 0 Å². The molecule has 0 aliphatic heterocycles. The Morgan fingerprint density at radius 3 is 2.38 bits per heavy atom. The highest BCUT2D eigenvalue weighted by Gasteiger charge is 2.15. The lowest BCUT2D eigenvalue weighted by atomic mass is 10.1. The fraction of sp³-hybridized carbons (Fsp3) is 0.111. The molecule has 0 radical (unpaired) electrons. The molecule has 2 rings (SSSR count). The van der Waals surface area contributed by atoms with Crippen molar-refractivity contribution in [2.24, 2.45) is 0 Å². The predicted octanol–water partition coefficient (Wildman–Crippen LogP) is 3.40. The molecule has 1 amide bonds. The van der Waals surface area contributed by atoms with Crippen molar-refractivity contribution >= 4 is 33.9 Å². The maximum atomic E-state index is 12.3. The van der Waals surface area contributed by atoms with Crippen molar-refractivity contribution in [1.82, 2.24) is 5.32 Å². The van der Waals surface area contributed by atoms with Crippen LogP contribution in [0.3, 0.4) is 0 Å². The molecule has 2 aromatic rings. The second-order valence-electron chi connectivity index (χ2n) is 4.79. The highest BCUT2D eigenvalue weighted by Crippen LogP contribution is 2.15. The first-order chi connectivity index (χ1) is 11.5. The second-order valence-corrected chi connectivity index (χ2v) is 5.70. The number of esters is 1. The lowest BCUT2D eigenvalue weighted by Gasteiger charge is -2.09. The molecular formula is C18H16BrNO4. The lowest BCUT2D eigenvalue weighted by molar-refractivity contribution is -0.136. The van der Waals surface area contributed by atoms with E-state index in [0.717, 1.165) is 10.0 Å². The number of halogens is 1. The minimum absolute atomic E-state index is 0.0487. The molecule has 0 aliphatic rings. The number of rotatable bonds is 5. The Morgan fingerprint density at radius 2 is 1.79 bits per heavy atom. The van der Waals surface area contributed by atoms with Crippen LogP contribution in [0.1, 0.15) is 15.9 Å². The number of ether oxygens (including phenoxy) is 2. The standard InChI is InChI=1S/C18H16BrNO4/c1-23-15-8-6-12(7-9-15)10-16(18(22)24-2)20-17(21)13-4-3-5-14(19)11-13/h3-11H,1-2H3,(H,20,21). The first-order valence-corrected chi connectivity index (χ1v) is 7.84. The molecule has 0 saturated heterocycles. The molecule has 0 spiro atoms. The summed E-state index contributed by atoms with van der Waals surface area (Å²) >= 11 is 3.31. The monoisotopic (exact) mass is 389 g/mol. The van der Waals surface area contributed by atoms with Gasteiger partial charge in [-0.05, 0) is 42.0 Å². The van der Waals surface area contributed by atoms with Crippen molar-refractivity contribution < 1.29 is 19.1 Å². The van der Waals surface area contributed by atoms with Crippen LogP contribution in [0.5, 0.6) is 5.75 Å². The van der Waals surface area contributed by atoms with Gasteiger partial charge < -0.3 is 14.8 Å². The summed E-state index contributed by atoms with van der Waals surface area (Å²) in [5.74, 6) is -0.333. The molecule has 5 nitrogen and oxygen atoms in total. The largest absolute Gasteiger partial charge is 0.497 e. The van der Waals surface area contributed by atoms with Crippen molar-refractivity contribution in [3.05, 3.63) is 69.8 Å². The summed E-state index contributed by atoms with van der Waals surface area (Å²) in [6.07, 6.45) is 1.54. The van der Waals surface area contributed by atoms with Crippen LogP contribution in [0.25, 0.3) is 6.08 Å². The number of methoxy groups -OCH3 is 2. The summed E-state index contributed by atoms with van der Waals surface area (Å²) in [4.78, 5) is 24.3. The molecule has 0 saturated carbocycles. The third-order valence-corrected chi connectivity index (χ3v) is 3.66. The van der Waals surface area contributed by atoms with Crippen LogP contribution in [0.15, 0.2) is 58.7 Å². The third-order valence-electron chi connectivity index (χ3n) is 3.17. The van der Waals surface area contributed by atoms with Gasteiger partial charge in [-0.1, -0.05) is 34.1 Å². The van der Waals surface area contributed by atoms with Gasteiger partial charge in [0.1, 0.15) is 11.4 Å². The maximum Gasteiger partial charge on any atom is 0.354 e. The van der Waals surface area contributed by atoms with E-state index in [4.69, 9.17) is 9.47 Å². The van der Waals surface area contributed by atoms with Crippen LogP contribution in [-0.4, -0.2) is 26.1 Å². The van der Waals surface area contributed by atoms with Gasteiger partial charge in [-0.3, -0.25) is 4.79 Å². The molecule has 0 fully saturated rings. The average Bonchev–Trinajstić information content (AvgIpc) is 2.61. The van der Waals surface area contributed by atoms with Gasteiger partial charge in [0.05, 0.1) is 14.2 Å². The highest BCUT2D eigenvalue weighted by molar-refractivity contribution is 9.10. The van der Waals surface area contributed by atoms with Crippen LogP contribution in [-0.2, 0) is 9.53 Å². The zero-order chi connectivity index (χ0) is 17.5. The van der Waals surface area contributed by atoms with Gasteiger partial charge in [-0.15, -0.1) is 0 Å². The first kappa shape index (κ1) is 17.7. The molecule has 0 heterocycles. The van der Waals surface area contributed by atoms with Crippen LogP contribution in [0, 0.1) is 0 Å².